The lowest BCUT2D eigenvalue weighted by Crippen LogP contribution is -2.47. The molecule has 4 N–H and O–H groups in total. The molecule has 9 heteroatoms. The Hall–Kier alpha value is -1.78. The average molecular weight is 386 g/mol. The second-order valence-corrected chi connectivity index (χ2v) is 7.10. The van der Waals surface area contributed by atoms with E-state index in [1.807, 2.05) is 0 Å². The Kier molecular flexibility index (Phi) is 6.77. The van der Waals surface area contributed by atoms with Crippen molar-refractivity contribution in [2.75, 3.05) is 13.2 Å². The Labute approximate surface area is 156 Å². The topological polar surface area (TPSA) is 149 Å². The van der Waals surface area contributed by atoms with Crippen LogP contribution in [0.25, 0.3) is 0 Å². The largest absolute Gasteiger partial charge is 0.509 e. The SMILES string of the molecule is CC(C)=C(O)C(O)C(=O)C(OC(C(=O)C(O)C(O)=C(C)C)C1CO1)C1CO1. The summed E-state index contributed by atoms with van der Waals surface area (Å²) in [7, 11) is 0. The van der Waals surface area contributed by atoms with Crippen LogP contribution >= 0.6 is 0 Å². The van der Waals surface area contributed by atoms with Gasteiger partial charge in [-0.15, -0.1) is 0 Å². The van der Waals surface area contributed by atoms with Crippen LogP contribution in [0.2, 0.25) is 0 Å². The zero-order valence-corrected chi connectivity index (χ0v) is 15.7. The Morgan fingerprint density at radius 1 is 0.815 bits per heavy atom. The maximum absolute atomic E-state index is 12.6. The number of Topliss-reactive ketones (excluding diaryl/α,β-unsaturated/α-hetero) is 2. The highest BCUT2D eigenvalue weighted by Crippen LogP contribution is 2.28. The van der Waals surface area contributed by atoms with Crippen LogP contribution in [0.15, 0.2) is 22.7 Å². The Morgan fingerprint density at radius 3 is 1.33 bits per heavy atom. The number of carbonyl (C=O) groups excluding carboxylic acids is 2. The predicted molar refractivity (Wildman–Crippen MR) is 92.2 cm³/mol. The van der Waals surface area contributed by atoms with Gasteiger partial charge in [-0.3, -0.25) is 9.59 Å². The maximum Gasteiger partial charge on any atom is 0.200 e. The van der Waals surface area contributed by atoms with Crippen LogP contribution in [-0.4, -0.2) is 81.8 Å². The summed E-state index contributed by atoms with van der Waals surface area (Å²) in [6, 6.07) is 0. The van der Waals surface area contributed by atoms with E-state index in [2.05, 4.69) is 0 Å². The number of ketones is 2. The van der Waals surface area contributed by atoms with Gasteiger partial charge >= 0.3 is 0 Å². The van der Waals surface area contributed by atoms with Crippen molar-refractivity contribution in [1.29, 1.82) is 0 Å². The van der Waals surface area contributed by atoms with E-state index in [0.29, 0.717) is 11.1 Å². The van der Waals surface area contributed by atoms with E-state index in [1.54, 1.807) is 0 Å². The highest BCUT2D eigenvalue weighted by molar-refractivity contribution is 5.93. The van der Waals surface area contributed by atoms with Crippen molar-refractivity contribution in [3.8, 4) is 0 Å². The fraction of sp³-hybridized carbons (Fsp3) is 0.667. The van der Waals surface area contributed by atoms with Gasteiger partial charge in [0.2, 0.25) is 0 Å². The number of epoxide rings is 2. The van der Waals surface area contributed by atoms with Crippen LogP contribution in [0.3, 0.4) is 0 Å². The number of ether oxygens (including phenoxy) is 3. The number of hydrogen-bond acceptors (Lipinski definition) is 9. The number of allylic oxidation sites excluding steroid dienone is 2. The molecule has 152 valence electrons. The van der Waals surface area contributed by atoms with Gasteiger partial charge in [0.25, 0.3) is 0 Å². The second kappa shape index (κ2) is 8.49. The van der Waals surface area contributed by atoms with Crippen molar-refractivity contribution < 1.29 is 44.2 Å². The second-order valence-electron chi connectivity index (χ2n) is 7.10. The minimum Gasteiger partial charge on any atom is -0.509 e. The Morgan fingerprint density at radius 2 is 1.11 bits per heavy atom. The molecule has 0 aromatic rings. The third kappa shape index (κ3) is 5.14. The third-order valence-electron chi connectivity index (χ3n) is 4.33. The molecule has 0 aromatic carbocycles. The lowest BCUT2D eigenvalue weighted by Gasteiger charge is -2.24. The van der Waals surface area contributed by atoms with Crippen LogP contribution in [0.4, 0.5) is 0 Å². The summed E-state index contributed by atoms with van der Waals surface area (Å²) in [5, 5.41) is 39.8. The zero-order chi connectivity index (χ0) is 20.5. The first kappa shape index (κ1) is 21.5. The highest BCUT2D eigenvalue weighted by atomic mass is 16.6. The molecule has 0 aromatic heterocycles. The van der Waals surface area contributed by atoms with Crippen LogP contribution in [0.1, 0.15) is 27.7 Å². The minimum atomic E-state index is -1.82. The van der Waals surface area contributed by atoms with E-state index in [0.717, 1.165) is 0 Å². The van der Waals surface area contributed by atoms with Gasteiger partial charge in [0.05, 0.1) is 13.2 Å². The van der Waals surface area contributed by atoms with Crippen molar-refractivity contribution in [1.82, 2.24) is 0 Å². The fourth-order valence-electron chi connectivity index (χ4n) is 2.42. The average Bonchev–Trinajstić information content (AvgIpc) is 3.51. The first-order valence-electron chi connectivity index (χ1n) is 8.61. The van der Waals surface area contributed by atoms with Gasteiger partial charge in [0.15, 0.2) is 23.8 Å². The van der Waals surface area contributed by atoms with E-state index in [1.165, 1.54) is 27.7 Å². The Bertz CT molecular complexity index is 594. The summed E-state index contributed by atoms with van der Waals surface area (Å²) in [5.41, 5.74) is 0.710. The molecule has 9 nitrogen and oxygen atoms in total. The summed E-state index contributed by atoms with van der Waals surface area (Å²) in [5.74, 6) is -2.73. The molecular weight excluding hydrogens is 360 g/mol. The molecule has 0 aliphatic carbocycles. The predicted octanol–water partition coefficient (Wildman–Crippen LogP) is 0.102. The van der Waals surface area contributed by atoms with Crippen molar-refractivity contribution in [3.63, 3.8) is 0 Å². The van der Waals surface area contributed by atoms with Gasteiger partial charge in [-0.05, 0) is 38.8 Å². The van der Waals surface area contributed by atoms with Crippen molar-refractivity contribution in [3.05, 3.63) is 22.7 Å². The zero-order valence-electron chi connectivity index (χ0n) is 15.7. The molecule has 2 aliphatic heterocycles. The number of rotatable bonds is 10. The third-order valence-corrected chi connectivity index (χ3v) is 4.33. The highest BCUT2D eigenvalue weighted by Gasteiger charge is 2.49. The fourth-order valence-corrected chi connectivity index (χ4v) is 2.42. The molecule has 0 saturated carbocycles. The molecule has 27 heavy (non-hydrogen) atoms. The number of aliphatic hydroxyl groups is 4. The standard InChI is InChI=1S/C18H26O9/c1-7(2)11(19)13(21)15(23)17(9-5-25-9)27-18(10-6-26-10)16(24)14(22)12(20)8(3)4/h9-10,13-14,17-22H,5-6H2,1-4H3. The van der Waals surface area contributed by atoms with Gasteiger partial charge in [-0.1, -0.05) is 0 Å². The van der Waals surface area contributed by atoms with Crippen molar-refractivity contribution in [2.45, 2.75) is 64.3 Å². The van der Waals surface area contributed by atoms with E-state index >= 15 is 0 Å². The van der Waals surface area contributed by atoms with Crippen molar-refractivity contribution >= 4 is 11.6 Å². The molecule has 2 rings (SSSR count). The quantitative estimate of drug-likeness (QED) is 0.303. The van der Waals surface area contributed by atoms with Gasteiger partial charge in [-0.2, -0.15) is 0 Å². The van der Waals surface area contributed by atoms with Gasteiger partial charge in [0, 0.05) is 0 Å². The summed E-state index contributed by atoms with van der Waals surface area (Å²) in [6.07, 6.45) is -7.67. The maximum atomic E-state index is 12.6. The van der Waals surface area contributed by atoms with Crippen molar-refractivity contribution in [2.24, 2.45) is 0 Å². The summed E-state index contributed by atoms with van der Waals surface area (Å²) in [4.78, 5) is 25.1. The van der Waals surface area contributed by atoms with Crippen LogP contribution in [0, 0.1) is 0 Å². The van der Waals surface area contributed by atoms with E-state index in [4.69, 9.17) is 14.2 Å². The van der Waals surface area contributed by atoms with E-state index in [-0.39, 0.29) is 13.2 Å². The molecule has 6 unspecified atom stereocenters. The van der Waals surface area contributed by atoms with Gasteiger partial charge in [0.1, 0.15) is 35.9 Å². The molecule has 0 amide bonds. The normalized spacial score (nSPS) is 25.0. The first-order chi connectivity index (χ1) is 12.6. The first-order valence-corrected chi connectivity index (χ1v) is 8.61. The molecule has 2 fully saturated rings. The van der Waals surface area contributed by atoms with Gasteiger partial charge in [-0.25, -0.2) is 0 Å². The number of carbonyl (C=O) groups is 2. The molecule has 2 saturated heterocycles. The van der Waals surface area contributed by atoms with E-state index < -0.39 is 59.7 Å². The number of aliphatic hydroxyl groups excluding tert-OH is 4. The lowest BCUT2D eigenvalue weighted by atomic mass is 10.0. The number of hydrogen-bond donors (Lipinski definition) is 4. The molecule has 2 aliphatic rings. The molecule has 0 spiro atoms. The minimum absolute atomic E-state index is 0.187. The van der Waals surface area contributed by atoms with E-state index in [9.17, 15) is 30.0 Å². The van der Waals surface area contributed by atoms with Crippen LogP contribution < -0.4 is 0 Å². The molecule has 2 heterocycles. The molecule has 6 atom stereocenters. The smallest absolute Gasteiger partial charge is 0.200 e. The molecule has 0 radical (unpaired) electrons. The van der Waals surface area contributed by atoms with Gasteiger partial charge < -0.3 is 34.6 Å². The van der Waals surface area contributed by atoms with Crippen LogP contribution in [-0.2, 0) is 23.8 Å². The molecule has 0 bridgehead atoms. The summed E-state index contributed by atoms with van der Waals surface area (Å²) in [6.45, 7) is 6.48. The summed E-state index contributed by atoms with van der Waals surface area (Å²) < 4.78 is 15.7. The lowest BCUT2D eigenvalue weighted by molar-refractivity contribution is -0.155. The Balaban J connectivity index is 2.20. The summed E-state index contributed by atoms with van der Waals surface area (Å²) >= 11 is 0. The monoisotopic (exact) mass is 386 g/mol. The van der Waals surface area contributed by atoms with Crippen LogP contribution in [0.5, 0.6) is 0 Å². The molecular formula is C18H26O9.